The van der Waals surface area contributed by atoms with E-state index in [2.05, 4.69) is 301 Å². The van der Waals surface area contributed by atoms with Crippen LogP contribution in [0.15, 0.2) is 296 Å². The van der Waals surface area contributed by atoms with Gasteiger partial charge in [-0.05, 0) is 139 Å². The van der Waals surface area contributed by atoms with Gasteiger partial charge in [-0.1, -0.05) is 212 Å². The lowest BCUT2D eigenvalue weighted by atomic mass is 9.69. The highest BCUT2D eigenvalue weighted by Crippen LogP contribution is 2.64. The zero-order valence-corrected chi connectivity index (χ0v) is 41.9. The average molecular weight is 985 g/mol. The fourth-order valence-electron chi connectivity index (χ4n) is 12.1. The molecule has 1 aliphatic carbocycles. The van der Waals surface area contributed by atoms with Gasteiger partial charge in [0.1, 0.15) is 16.7 Å². The third kappa shape index (κ3) is 7.29. The lowest BCUT2D eigenvalue weighted by molar-refractivity contribution is 0.389. The Kier molecular flexibility index (Phi) is 10.4. The maximum absolute atomic E-state index is 7.49. The Morgan fingerprint density at radius 2 is 0.688 bits per heavy atom. The van der Waals surface area contributed by atoms with E-state index in [9.17, 15) is 0 Å². The minimum Gasteiger partial charge on any atom is -0.455 e. The number of fused-ring (bicyclic) bond motifs is 12. The molecule has 1 spiro atoms. The minimum atomic E-state index is -0.821. The first-order chi connectivity index (χ1) is 38.2. The molecule has 0 radical (unpaired) electrons. The van der Waals surface area contributed by atoms with E-state index in [1.54, 1.807) is 0 Å². The Labute approximate surface area is 447 Å². The molecule has 13 aromatic rings. The smallest absolute Gasteiger partial charge is 0.178 e. The van der Waals surface area contributed by atoms with Crippen molar-refractivity contribution >= 4 is 55.9 Å². The van der Waals surface area contributed by atoms with Gasteiger partial charge in [0.15, 0.2) is 11.5 Å². The van der Waals surface area contributed by atoms with E-state index in [0.29, 0.717) is 5.75 Å². The SMILES string of the molecule is c1ccc(-c2ccc(N(c3ccc(-c4ccccc4)cc3)c3ccc4c(c3)Oc3c(oc5ccc(N(c6ccc(-c7ccccc7)cc6)c6ccc7ccccc7c6)cc35)C43c4ccccc4-c4ccccc43)cc2)cc1. The van der Waals surface area contributed by atoms with Crippen LogP contribution in [0.1, 0.15) is 22.5 Å². The molecular formula is C73H48N2O2. The van der Waals surface area contributed by atoms with Gasteiger partial charge in [-0.15, -0.1) is 0 Å². The molecule has 1 aliphatic heterocycles. The second-order valence-corrected chi connectivity index (χ2v) is 20.0. The lowest BCUT2D eigenvalue weighted by Gasteiger charge is -2.37. The van der Waals surface area contributed by atoms with Crippen molar-refractivity contribution in [3.63, 3.8) is 0 Å². The van der Waals surface area contributed by atoms with Crippen LogP contribution in [0.3, 0.4) is 0 Å². The molecule has 0 atom stereocenters. The highest BCUT2D eigenvalue weighted by Gasteiger charge is 2.54. The highest BCUT2D eigenvalue weighted by molar-refractivity contribution is 5.98. The van der Waals surface area contributed by atoms with Crippen molar-refractivity contribution in [2.45, 2.75) is 5.41 Å². The topological polar surface area (TPSA) is 28.9 Å². The maximum Gasteiger partial charge on any atom is 0.178 e. The van der Waals surface area contributed by atoms with Crippen LogP contribution in [-0.2, 0) is 5.41 Å². The summed E-state index contributed by atoms with van der Waals surface area (Å²) >= 11 is 0. The largest absolute Gasteiger partial charge is 0.455 e. The summed E-state index contributed by atoms with van der Waals surface area (Å²) in [5.41, 5.74) is 18.8. The second-order valence-electron chi connectivity index (χ2n) is 20.0. The molecule has 0 saturated carbocycles. The van der Waals surface area contributed by atoms with E-state index in [1.807, 2.05) is 0 Å². The van der Waals surface area contributed by atoms with Crippen molar-refractivity contribution in [1.29, 1.82) is 0 Å². The molecular weight excluding hydrogens is 937 g/mol. The Bertz CT molecular complexity index is 4210. The van der Waals surface area contributed by atoms with Crippen molar-refractivity contribution in [3.8, 4) is 56.0 Å². The third-order valence-electron chi connectivity index (χ3n) is 15.7. The Hall–Kier alpha value is -10.2. The molecule has 0 fully saturated rings. The first kappa shape index (κ1) is 44.3. The summed E-state index contributed by atoms with van der Waals surface area (Å²) in [6.07, 6.45) is 0. The zero-order chi connectivity index (χ0) is 50.9. The molecule has 0 amide bonds. The van der Waals surface area contributed by atoms with E-state index in [-0.39, 0.29) is 0 Å². The third-order valence-corrected chi connectivity index (χ3v) is 15.7. The normalized spacial score (nSPS) is 12.6. The number of anilines is 6. The number of benzene rings is 12. The van der Waals surface area contributed by atoms with Crippen molar-refractivity contribution in [1.82, 2.24) is 0 Å². The predicted molar refractivity (Wildman–Crippen MR) is 317 cm³/mol. The Morgan fingerprint density at radius 1 is 0.286 bits per heavy atom. The van der Waals surface area contributed by atoms with Crippen molar-refractivity contribution < 1.29 is 9.15 Å². The van der Waals surface area contributed by atoms with Gasteiger partial charge in [-0.25, -0.2) is 0 Å². The van der Waals surface area contributed by atoms with Gasteiger partial charge in [0, 0.05) is 45.8 Å². The molecule has 0 unspecified atom stereocenters. The van der Waals surface area contributed by atoms with Crippen LogP contribution in [0.5, 0.6) is 11.5 Å². The van der Waals surface area contributed by atoms with Crippen molar-refractivity contribution in [2.24, 2.45) is 0 Å². The van der Waals surface area contributed by atoms with E-state index in [1.165, 1.54) is 49.7 Å². The second kappa shape index (κ2) is 18.0. The van der Waals surface area contributed by atoms with Gasteiger partial charge in [-0.2, -0.15) is 0 Å². The van der Waals surface area contributed by atoms with Crippen LogP contribution in [0.2, 0.25) is 0 Å². The molecule has 362 valence electrons. The number of nitrogens with zero attached hydrogens (tertiary/aromatic N) is 2. The van der Waals surface area contributed by atoms with Crippen LogP contribution in [0.4, 0.5) is 34.1 Å². The van der Waals surface area contributed by atoms with Gasteiger partial charge < -0.3 is 19.0 Å². The number of hydrogen-bond acceptors (Lipinski definition) is 4. The quantitative estimate of drug-likeness (QED) is 0.144. The van der Waals surface area contributed by atoms with E-state index in [4.69, 9.17) is 9.15 Å². The van der Waals surface area contributed by atoms with Crippen molar-refractivity contribution in [3.05, 3.63) is 314 Å². The molecule has 77 heavy (non-hydrogen) atoms. The first-order valence-electron chi connectivity index (χ1n) is 26.3. The Morgan fingerprint density at radius 3 is 1.23 bits per heavy atom. The van der Waals surface area contributed by atoms with E-state index >= 15 is 0 Å². The van der Waals surface area contributed by atoms with Crippen LogP contribution in [0, 0.1) is 0 Å². The van der Waals surface area contributed by atoms with Gasteiger partial charge in [0.2, 0.25) is 0 Å². The van der Waals surface area contributed by atoms with E-state index in [0.717, 1.165) is 78.9 Å². The molecule has 4 heteroatoms. The average Bonchev–Trinajstić information content (AvgIpc) is 4.25. The minimum absolute atomic E-state index is 0.710. The molecule has 2 aliphatic rings. The molecule has 1 aromatic heterocycles. The summed E-state index contributed by atoms with van der Waals surface area (Å²) in [6.45, 7) is 0. The zero-order valence-electron chi connectivity index (χ0n) is 41.9. The number of ether oxygens (including phenoxy) is 1. The summed E-state index contributed by atoms with van der Waals surface area (Å²) in [5.74, 6) is 2.25. The summed E-state index contributed by atoms with van der Waals surface area (Å²) in [4.78, 5) is 4.68. The summed E-state index contributed by atoms with van der Waals surface area (Å²) < 4.78 is 14.8. The van der Waals surface area contributed by atoms with Crippen LogP contribution in [-0.4, -0.2) is 0 Å². The highest BCUT2D eigenvalue weighted by atomic mass is 16.5. The summed E-state index contributed by atoms with van der Waals surface area (Å²) in [6, 6.07) is 104. The number of hydrogen-bond donors (Lipinski definition) is 0. The Balaban J connectivity index is 0.923. The number of rotatable bonds is 9. The van der Waals surface area contributed by atoms with Gasteiger partial charge >= 0.3 is 0 Å². The van der Waals surface area contributed by atoms with Crippen LogP contribution < -0.4 is 14.5 Å². The standard InChI is InChI=1S/C73H48N2O2/c1-4-16-49(17-5-1)53-28-35-57(36-29-53)74(58-37-30-54(31-38-58)50-18-6-2-7-19-50)62-42-44-68-70(48-62)76-71-65-47-61(43-45-69(65)77-72(71)73(68)66-26-14-12-24-63(66)64-25-13-15-27-67(64)73)75(60-41-34-52-22-10-11-23-56(52)46-60)59-39-32-55(33-40-59)51-20-8-3-9-21-51/h1-48H. The fraction of sp³-hybridized carbons (Fsp3) is 0.0137. The fourth-order valence-corrected chi connectivity index (χ4v) is 12.1. The number of furan rings is 1. The molecule has 12 aromatic carbocycles. The first-order valence-corrected chi connectivity index (χ1v) is 26.3. The molecule has 4 nitrogen and oxygen atoms in total. The molecule has 0 N–H and O–H groups in total. The van der Waals surface area contributed by atoms with E-state index < -0.39 is 5.41 Å². The van der Waals surface area contributed by atoms with Crippen LogP contribution >= 0.6 is 0 Å². The van der Waals surface area contributed by atoms with Gasteiger partial charge in [0.05, 0.1) is 5.39 Å². The summed E-state index contributed by atoms with van der Waals surface area (Å²) in [5, 5.41) is 3.25. The lowest BCUT2D eigenvalue weighted by Crippen LogP contribution is -2.31. The van der Waals surface area contributed by atoms with Crippen molar-refractivity contribution in [2.75, 3.05) is 9.80 Å². The molecule has 2 heterocycles. The molecule has 0 bridgehead atoms. The summed E-state index contributed by atoms with van der Waals surface area (Å²) in [7, 11) is 0. The van der Waals surface area contributed by atoms with Gasteiger partial charge in [0.25, 0.3) is 0 Å². The predicted octanol–water partition coefficient (Wildman–Crippen LogP) is 20.0. The maximum atomic E-state index is 7.49. The van der Waals surface area contributed by atoms with Crippen LogP contribution in [0.25, 0.3) is 66.2 Å². The molecule has 15 rings (SSSR count). The van der Waals surface area contributed by atoms with Gasteiger partial charge in [-0.3, -0.25) is 0 Å². The molecule has 0 saturated heterocycles. The monoisotopic (exact) mass is 984 g/mol.